The lowest BCUT2D eigenvalue weighted by molar-refractivity contribution is 0.141. The molecule has 8 nitrogen and oxygen atoms in total. The van der Waals surface area contributed by atoms with E-state index in [-0.39, 0.29) is 12.2 Å². The summed E-state index contributed by atoms with van der Waals surface area (Å²) in [6, 6.07) is 7.14. The van der Waals surface area contributed by atoms with Gasteiger partial charge in [-0.15, -0.1) is 0 Å². The summed E-state index contributed by atoms with van der Waals surface area (Å²) in [5.74, 6) is 0. The molecule has 140 valence electrons. The highest BCUT2D eigenvalue weighted by atomic mass is 32.1. The SMILES string of the molecule is CCCOC(=S)NCC1CN(c2ccc(N3CCOC3=O)cc2)C(=O)O1. The van der Waals surface area contributed by atoms with E-state index in [1.165, 1.54) is 0 Å². The van der Waals surface area contributed by atoms with Gasteiger partial charge in [-0.2, -0.15) is 0 Å². The number of ether oxygens (including phenoxy) is 3. The van der Waals surface area contributed by atoms with E-state index in [1.54, 1.807) is 34.1 Å². The standard InChI is InChI=1S/C17H21N3O5S/c1-2-8-23-15(26)18-10-14-11-20(17(22)25-14)13-5-3-12(4-6-13)19-7-9-24-16(19)21/h3-6,14H,2,7-11H2,1H3,(H,18,26). The molecule has 0 spiro atoms. The number of thiocarbonyl (C=S) groups is 1. The van der Waals surface area contributed by atoms with Gasteiger partial charge in [0.2, 0.25) is 0 Å². The van der Waals surface area contributed by atoms with Crippen LogP contribution in [0.15, 0.2) is 24.3 Å². The van der Waals surface area contributed by atoms with Crippen LogP contribution in [0.3, 0.4) is 0 Å². The molecular weight excluding hydrogens is 358 g/mol. The van der Waals surface area contributed by atoms with E-state index < -0.39 is 6.09 Å². The number of anilines is 2. The molecule has 3 rings (SSSR count). The Morgan fingerprint density at radius 3 is 2.54 bits per heavy atom. The molecule has 0 radical (unpaired) electrons. The summed E-state index contributed by atoms with van der Waals surface area (Å²) in [6.45, 7) is 4.27. The van der Waals surface area contributed by atoms with Crippen LogP contribution in [0.25, 0.3) is 0 Å². The number of hydrogen-bond donors (Lipinski definition) is 1. The number of amides is 2. The molecule has 2 fully saturated rings. The van der Waals surface area contributed by atoms with Gasteiger partial charge in [-0.25, -0.2) is 9.59 Å². The number of hydrogen-bond acceptors (Lipinski definition) is 6. The first-order chi connectivity index (χ1) is 12.6. The topological polar surface area (TPSA) is 80.3 Å². The normalized spacial score (nSPS) is 19.3. The van der Waals surface area contributed by atoms with Gasteiger partial charge in [0.05, 0.1) is 26.2 Å². The number of carbonyl (C=O) groups is 2. The van der Waals surface area contributed by atoms with Gasteiger partial charge in [-0.3, -0.25) is 9.80 Å². The minimum Gasteiger partial charge on any atom is -0.471 e. The summed E-state index contributed by atoms with van der Waals surface area (Å²) >= 11 is 5.05. The lowest BCUT2D eigenvalue weighted by Crippen LogP contribution is -2.35. The highest BCUT2D eigenvalue weighted by Crippen LogP contribution is 2.26. The lowest BCUT2D eigenvalue weighted by atomic mass is 10.2. The van der Waals surface area contributed by atoms with Gasteiger partial charge in [-0.1, -0.05) is 6.92 Å². The van der Waals surface area contributed by atoms with Crippen LogP contribution >= 0.6 is 12.2 Å². The molecule has 2 aliphatic rings. The van der Waals surface area contributed by atoms with Crippen molar-refractivity contribution in [2.75, 3.05) is 42.6 Å². The summed E-state index contributed by atoms with van der Waals surface area (Å²) in [5.41, 5.74) is 1.44. The number of carbonyl (C=O) groups excluding carboxylic acids is 2. The first kappa shape index (κ1) is 18.2. The Morgan fingerprint density at radius 2 is 1.92 bits per heavy atom. The summed E-state index contributed by atoms with van der Waals surface area (Å²) in [5, 5.41) is 3.26. The van der Waals surface area contributed by atoms with E-state index in [1.807, 2.05) is 6.92 Å². The minimum absolute atomic E-state index is 0.309. The van der Waals surface area contributed by atoms with Crippen LogP contribution in [-0.2, 0) is 14.2 Å². The maximum atomic E-state index is 12.1. The third-order valence-electron chi connectivity index (χ3n) is 4.02. The van der Waals surface area contributed by atoms with Crippen molar-refractivity contribution in [2.45, 2.75) is 19.4 Å². The first-order valence-electron chi connectivity index (χ1n) is 8.51. The molecular formula is C17H21N3O5S. The fourth-order valence-electron chi connectivity index (χ4n) is 2.72. The molecule has 0 aromatic heterocycles. The van der Waals surface area contributed by atoms with Crippen molar-refractivity contribution in [1.29, 1.82) is 0 Å². The molecule has 1 atom stereocenters. The Kier molecular flexibility index (Phi) is 5.77. The molecule has 0 aliphatic carbocycles. The zero-order valence-corrected chi connectivity index (χ0v) is 15.3. The van der Waals surface area contributed by atoms with Crippen LogP contribution < -0.4 is 15.1 Å². The fraction of sp³-hybridized carbons (Fsp3) is 0.471. The summed E-state index contributed by atoms with van der Waals surface area (Å²) < 4.78 is 15.6. The van der Waals surface area contributed by atoms with Crippen molar-refractivity contribution in [3.05, 3.63) is 24.3 Å². The Labute approximate surface area is 157 Å². The van der Waals surface area contributed by atoms with Crippen LogP contribution in [0.4, 0.5) is 21.0 Å². The second kappa shape index (κ2) is 8.22. The fourth-order valence-corrected chi connectivity index (χ4v) is 2.89. The van der Waals surface area contributed by atoms with Crippen molar-refractivity contribution < 1.29 is 23.8 Å². The Bertz CT molecular complexity index is 681. The monoisotopic (exact) mass is 379 g/mol. The van der Waals surface area contributed by atoms with Gasteiger partial charge in [0.25, 0.3) is 5.17 Å². The highest BCUT2D eigenvalue weighted by Gasteiger charge is 2.32. The third kappa shape index (κ3) is 4.16. The predicted molar refractivity (Wildman–Crippen MR) is 99.6 cm³/mol. The van der Waals surface area contributed by atoms with E-state index in [0.29, 0.717) is 43.7 Å². The van der Waals surface area contributed by atoms with E-state index in [9.17, 15) is 9.59 Å². The van der Waals surface area contributed by atoms with Gasteiger partial charge in [0, 0.05) is 11.4 Å². The van der Waals surface area contributed by atoms with Gasteiger partial charge >= 0.3 is 12.2 Å². The average molecular weight is 379 g/mol. The predicted octanol–water partition coefficient (Wildman–Crippen LogP) is 2.27. The Hall–Kier alpha value is -2.55. The van der Waals surface area contributed by atoms with Crippen LogP contribution in [0.5, 0.6) is 0 Å². The first-order valence-corrected chi connectivity index (χ1v) is 8.92. The molecule has 9 heteroatoms. The van der Waals surface area contributed by atoms with Crippen LogP contribution in [0.1, 0.15) is 13.3 Å². The number of nitrogens with one attached hydrogen (secondary N) is 1. The number of benzene rings is 1. The molecule has 2 saturated heterocycles. The lowest BCUT2D eigenvalue weighted by Gasteiger charge is -2.16. The van der Waals surface area contributed by atoms with Crippen molar-refractivity contribution in [3.63, 3.8) is 0 Å². The molecule has 2 amide bonds. The van der Waals surface area contributed by atoms with Gasteiger partial charge in [-0.05, 0) is 42.9 Å². The third-order valence-corrected chi connectivity index (χ3v) is 4.28. The average Bonchev–Trinajstić information content (AvgIpc) is 3.24. The molecule has 26 heavy (non-hydrogen) atoms. The van der Waals surface area contributed by atoms with E-state index in [2.05, 4.69) is 5.32 Å². The molecule has 0 saturated carbocycles. The van der Waals surface area contributed by atoms with Crippen molar-refractivity contribution >= 4 is 41.0 Å². The molecule has 1 aromatic carbocycles. The van der Waals surface area contributed by atoms with Crippen LogP contribution in [0, 0.1) is 0 Å². The summed E-state index contributed by atoms with van der Waals surface area (Å²) in [7, 11) is 0. The molecule has 2 heterocycles. The molecule has 1 N–H and O–H groups in total. The maximum Gasteiger partial charge on any atom is 0.414 e. The zero-order valence-electron chi connectivity index (χ0n) is 14.5. The van der Waals surface area contributed by atoms with Crippen LogP contribution in [0.2, 0.25) is 0 Å². The molecule has 2 aliphatic heterocycles. The molecule has 1 unspecified atom stereocenters. The summed E-state index contributed by atoms with van der Waals surface area (Å²) in [4.78, 5) is 26.8. The van der Waals surface area contributed by atoms with Crippen LogP contribution in [-0.4, -0.2) is 56.3 Å². The largest absolute Gasteiger partial charge is 0.471 e. The minimum atomic E-state index is -0.412. The molecule has 0 bridgehead atoms. The highest BCUT2D eigenvalue weighted by molar-refractivity contribution is 7.80. The van der Waals surface area contributed by atoms with Crippen molar-refractivity contribution in [3.8, 4) is 0 Å². The second-order valence-electron chi connectivity index (χ2n) is 5.92. The zero-order chi connectivity index (χ0) is 18.5. The van der Waals surface area contributed by atoms with Gasteiger partial charge < -0.3 is 19.5 Å². The van der Waals surface area contributed by atoms with E-state index in [4.69, 9.17) is 26.4 Å². The summed E-state index contributed by atoms with van der Waals surface area (Å²) in [6.07, 6.45) is -0.214. The molecule has 1 aromatic rings. The van der Waals surface area contributed by atoms with E-state index in [0.717, 1.165) is 12.1 Å². The van der Waals surface area contributed by atoms with Gasteiger partial charge in [0.15, 0.2) is 0 Å². The van der Waals surface area contributed by atoms with Crippen molar-refractivity contribution in [2.24, 2.45) is 0 Å². The maximum absolute atomic E-state index is 12.1. The Morgan fingerprint density at radius 1 is 1.23 bits per heavy atom. The number of rotatable bonds is 6. The number of cyclic esters (lactones) is 2. The number of nitrogens with zero attached hydrogens (tertiary/aromatic N) is 2. The quantitative estimate of drug-likeness (QED) is 0.760. The van der Waals surface area contributed by atoms with Crippen molar-refractivity contribution in [1.82, 2.24) is 5.32 Å². The van der Waals surface area contributed by atoms with Gasteiger partial charge in [0.1, 0.15) is 12.7 Å². The van der Waals surface area contributed by atoms with E-state index >= 15 is 0 Å². The smallest absolute Gasteiger partial charge is 0.414 e. The second-order valence-corrected chi connectivity index (χ2v) is 6.29. The Balaban J connectivity index is 1.55.